The highest BCUT2D eigenvalue weighted by Crippen LogP contribution is 2.57. The average Bonchev–Trinajstić information content (AvgIpc) is 2.76. The molecule has 3 unspecified atom stereocenters. The first kappa shape index (κ1) is 11.2. The quantitative estimate of drug-likeness (QED) is 0.855. The molecule has 0 bridgehead atoms. The van der Waals surface area contributed by atoms with Gasteiger partial charge in [0, 0.05) is 17.9 Å². The zero-order valence-electron chi connectivity index (χ0n) is 10.9. The van der Waals surface area contributed by atoms with Gasteiger partial charge in [-0.15, -0.1) is 0 Å². The summed E-state index contributed by atoms with van der Waals surface area (Å²) in [7, 11) is 0. The predicted octanol–water partition coefficient (Wildman–Crippen LogP) is 2.44. The van der Waals surface area contributed by atoms with Crippen LogP contribution in [0.5, 0.6) is 0 Å². The molecule has 17 heavy (non-hydrogen) atoms. The Morgan fingerprint density at radius 2 is 2.18 bits per heavy atom. The average molecular weight is 235 g/mol. The number of nitrogens with zero attached hydrogens (tertiary/aromatic N) is 2. The molecule has 1 aliphatic carbocycles. The molecule has 94 valence electrons. The molecule has 1 aromatic rings. The van der Waals surface area contributed by atoms with Crippen LogP contribution in [0.15, 0.2) is 4.52 Å². The highest BCUT2D eigenvalue weighted by Gasteiger charge is 2.49. The van der Waals surface area contributed by atoms with Crippen molar-refractivity contribution in [1.29, 1.82) is 0 Å². The van der Waals surface area contributed by atoms with E-state index in [4.69, 9.17) is 4.52 Å². The molecule has 2 fully saturated rings. The maximum atomic E-state index is 5.46. The monoisotopic (exact) mass is 235 g/mol. The second-order valence-corrected chi connectivity index (χ2v) is 6.31. The van der Waals surface area contributed by atoms with Gasteiger partial charge >= 0.3 is 0 Å². The Balaban J connectivity index is 1.72. The topological polar surface area (TPSA) is 51.0 Å². The number of hydrogen-bond acceptors (Lipinski definition) is 4. The highest BCUT2D eigenvalue weighted by molar-refractivity contribution is 5.15. The summed E-state index contributed by atoms with van der Waals surface area (Å²) < 4.78 is 5.46. The molecule has 4 heteroatoms. The van der Waals surface area contributed by atoms with Crippen LogP contribution in [0.2, 0.25) is 0 Å². The Bertz CT molecular complexity index is 413. The first-order chi connectivity index (χ1) is 8.06. The van der Waals surface area contributed by atoms with Crippen molar-refractivity contribution >= 4 is 0 Å². The molecule has 2 heterocycles. The molecule has 1 aromatic heterocycles. The van der Waals surface area contributed by atoms with Gasteiger partial charge in [0.2, 0.25) is 5.89 Å². The summed E-state index contributed by atoms with van der Waals surface area (Å²) in [4.78, 5) is 4.62. The van der Waals surface area contributed by atoms with Gasteiger partial charge in [0.1, 0.15) is 0 Å². The SMILES string of the molecule is CC1CC(c2nc(C3CC3(C)C)no2)CCN1. The van der Waals surface area contributed by atoms with Crippen LogP contribution >= 0.6 is 0 Å². The summed E-state index contributed by atoms with van der Waals surface area (Å²) in [5.74, 6) is 2.75. The van der Waals surface area contributed by atoms with Crippen molar-refractivity contribution in [3.05, 3.63) is 11.7 Å². The van der Waals surface area contributed by atoms with Gasteiger partial charge in [0.15, 0.2) is 5.82 Å². The lowest BCUT2D eigenvalue weighted by atomic mass is 9.93. The third-order valence-corrected chi connectivity index (χ3v) is 4.26. The van der Waals surface area contributed by atoms with Crippen molar-refractivity contribution in [2.45, 2.75) is 57.9 Å². The van der Waals surface area contributed by atoms with Gasteiger partial charge in [-0.1, -0.05) is 19.0 Å². The van der Waals surface area contributed by atoms with Crippen LogP contribution in [-0.4, -0.2) is 22.7 Å². The molecule has 2 aliphatic rings. The van der Waals surface area contributed by atoms with Crippen LogP contribution in [0.1, 0.15) is 63.6 Å². The van der Waals surface area contributed by atoms with Gasteiger partial charge in [-0.3, -0.25) is 0 Å². The molecule has 0 radical (unpaired) electrons. The Labute approximate surface area is 102 Å². The van der Waals surface area contributed by atoms with Gasteiger partial charge in [0.25, 0.3) is 0 Å². The minimum Gasteiger partial charge on any atom is -0.339 e. The standard InChI is InChI=1S/C13H21N3O/c1-8-6-9(4-5-14-8)12-15-11(16-17-12)10-7-13(10,2)3/h8-10,14H,4-7H2,1-3H3. The Kier molecular flexibility index (Phi) is 2.51. The third-order valence-electron chi connectivity index (χ3n) is 4.26. The summed E-state index contributed by atoms with van der Waals surface area (Å²) in [6, 6.07) is 0.557. The summed E-state index contributed by atoms with van der Waals surface area (Å²) in [6.45, 7) is 7.80. The Morgan fingerprint density at radius 1 is 1.41 bits per heavy atom. The molecule has 0 spiro atoms. The molecule has 1 saturated carbocycles. The van der Waals surface area contributed by atoms with E-state index in [0.29, 0.717) is 23.3 Å². The molecule has 1 aliphatic heterocycles. The van der Waals surface area contributed by atoms with Crippen LogP contribution in [-0.2, 0) is 0 Å². The lowest BCUT2D eigenvalue weighted by Crippen LogP contribution is -2.34. The van der Waals surface area contributed by atoms with Gasteiger partial charge in [-0.2, -0.15) is 4.98 Å². The summed E-state index contributed by atoms with van der Waals surface area (Å²) in [5, 5.41) is 7.61. The lowest BCUT2D eigenvalue weighted by molar-refractivity contribution is 0.294. The largest absolute Gasteiger partial charge is 0.339 e. The van der Waals surface area contributed by atoms with E-state index in [-0.39, 0.29) is 0 Å². The first-order valence-corrected chi connectivity index (χ1v) is 6.63. The summed E-state index contributed by atoms with van der Waals surface area (Å²) >= 11 is 0. The van der Waals surface area contributed by atoms with Crippen molar-refractivity contribution in [2.24, 2.45) is 5.41 Å². The van der Waals surface area contributed by atoms with Crippen molar-refractivity contribution in [1.82, 2.24) is 15.5 Å². The smallest absolute Gasteiger partial charge is 0.229 e. The van der Waals surface area contributed by atoms with E-state index in [1.54, 1.807) is 0 Å². The Hall–Kier alpha value is -0.900. The number of hydrogen-bond donors (Lipinski definition) is 1. The molecule has 0 amide bonds. The second kappa shape index (κ2) is 3.80. The van der Waals surface area contributed by atoms with Gasteiger partial charge in [-0.05, 0) is 38.1 Å². The fraction of sp³-hybridized carbons (Fsp3) is 0.846. The number of nitrogens with one attached hydrogen (secondary N) is 1. The highest BCUT2D eigenvalue weighted by atomic mass is 16.5. The first-order valence-electron chi connectivity index (χ1n) is 6.63. The Morgan fingerprint density at radius 3 is 2.82 bits per heavy atom. The number of piperidine rings is 1. The molecular formula is C13H21N3O. The zero-order valence-corrected chi connectivity index (χ0v) is 10.9. The van der Waals surface area contributed by atoms with E-state index < -0.39 is 0 Å². The van der Waals surface area contributed by atoms with Gasteiger partial charge in [0.05, 0.1) is 0 Å². The minimum absolute atomic E-state index is 0.378. The molecule has 1 saturated heterocycles. The maximum Gasteiger partial charge on any atom is 0.229 e. The van der Waals surface area contributed by atoms with E-state index in [0.717, 1.165) is 31.1 Å². The lowest BCUT2D eigenvalue weighted by Gasteiger charge is -2.25. The molecule has 3 rings (SSSR count). The summed E-state index contributed by atoms with van der Waals surface area (Å²) in [5.41, 5.74) is 0.378. The van der Waals surface area contributed by atoms with Crippen LogP contribution in [0.25, 0.3) is 0 Å². The van der Waals surface area contributed by atoms with E-state index >= 15 is 0 Å². The predicted molar refractivity (Wildman–Crippen MR) is 64.9 cm³/mol. The molecule has 4 nitrogen and oxygen atoms in total. The normalized spacial score (nSPS) is 35.8. The van der Waals surface area contributed by atoms with Crippen molar-refractivity contribution in [2.75, 3.05) is 6.54 Å². The van der Waals surface area contributed by atoms with Crippen LogP contribution in [0.3, 0.4) is 0 Å². The van der Waals surface area contributed by atoms with Crippen molar-refractivity contribution in [3.8, 4) is 0 Å². The molecular weight excluding hydrogens is 214 g/mol. The van der Waals surface area contributed by atoms with E-state index in [2.05, 4.69) is 36.2 Å². The third kappa shape index (κ3) is 2.10. The van der Waals surface area contributed by atoms with Crippen LogP contribution in [0, 0.1) is 5.41 Å². The van der Waals surface area contributed by atoms with Crippen LogP contribution < -0.4 is 5.32 Å². The van der Waals surface area contributed by atoms with E-state index in [1.807, 2.05) is 0 Å². The van der Waals surface area contributed by atoms with Crippen molar-refractivity contribution < 1.29 is 4.52 Å². The fourth-order valence-corrected chi connectivity index (χ4v) is 2.82. The molecule has 1 N–H and O–H groups in total. The molecule has 0 aromatic carbocycles. The molecule has 3 atom stereocenters. The number of rotatable bonds is 2. The summed E-state index contributed by atoms with van der Waals surface area (Å²) in [6.07, 6.45) is 3.41. The number of aromatic nitrogens is 2. The maximum absolute atomic E-state index is 5.46. The van der Waals surface area contributed by atoms with E-state index in [1.165, 1.54) is 6.42 Å². The minimum atomic E-state index is 0.378. The zero-order chi connectivity index (χ0) is 12.0. The van der Waals surface area contributed by atoms with Crippen molar-refractivity contribution in [3.63, 3.8) is 0 Å². The van der Waals surface area contributed by atoms with E-state index in [9.17, 15) is 0 Å². The van der Waals surface area contributed by atoms with Gasteiger partial charge in [-0.25, -0.2) is 0 Å². The fourth-order valence-electron chi connectivity index (χ4n) is 2.82. The van der Waals surface area contributed by atoms with Crippen LogP contribution in [0.4, 0.5) is 0 Å². The second-order valence-electron chi connectivity index (χ2n) is 6.31. The van der Waals surface area contributed by atoms with Gasteiger partial charge < -0.3 is 9.84 Å².